The Morgan fingerprint density at radius 2 is 1.77 bits per heavy atom. The van der Waals surface area contributed by atoms with Crippen LogP contribution in [-0.4, -0.2) is 41.4 Å². The molecule has 4 aliphatic carbocycles. The minimum Gasteiger partial charge on any atom is -0.352 e. The Bertz CT molecular complexity index is 582. The molecule has 0 aromatic heterocycles. The number of hydrogen-bond donors (Lipinski definition) is 2. The first kappa shape index (κ1) is 17.8. The lowest BCUT2D eigenvalue weighted by Gasteiger charge is -2.59. The predicted octanol–water partition coefficient (Wildman–Crippen LogP) is 2.43. The Morgan fingerprint density at radius 1 is 1.19 bits per heavy atom. The van der Waals surface area contributed by atoms with E-state index in [1.165, 1.54) is 38.5 Å². The van der Waals surface area contributed by atoms with Crippen LogP contribution in [0.4, 0.5) is 4.79 Å². The van der Waals surface area contributed by atoms with Crippen LogP contribution in [0.15, 0.2) is 0 Å². The molecule has 4 bridgehead atoms. The Kier molecular flexibility index (Phi) is 4.48. The van der Waals surface area contributed by atoms with E-state index in [1.807, 2.05) is 6.92 Å². The number of carbonyl (C=O) groups is 3. The van der Waals surface area contributed by atoms with Gasteiger partial charge in [0.2, 0.25) is 5.91 Å². The Morgan fingerprint density at radius 3 is 2.31 bits per heavy atom. The standard InChI is InChI=1S/C20H31N3O3/c1-3-4-16-18(25)23(19(26)22-16)11-17(24)21-12(2)20-8-13-5-14(9-20)7-15(6-13)10-20/h12-16H,3-11H2,1-2H3,(H,21,24)(H,22,26)/t12-,13?,14?,15?,16-,20?/m0/s1. The molecule has 2 N–H and O–H groups in total. The third-order valence-corrected chi connectivity index (χ3v) is 7.37. The SMILES string of the molecule is CCC[C@@H]1NC(=O)N(CC(=O)N[C@@H](C)C23CC4CC(CC(C4)C2)C3)C1=O. The van der Waals surface area contributed by atoms with Crippen LogP contribution in [0.1, 0.15) is 65.2 Å². The van der Waals surface area contributed by atoms with E-state index in [1.54, 1.807) is 0 Å². The van der Waals surface area contributed by atoms with E-state index in [2.05, 4.69) is 17.6 Å². The quantitative estimate of drug-likeness (QED) is 0.713. The molecular weight excluding hydrogens is 330 g/mol. The maximum Gasteiger partial charge on any atom is 0.325 e. The van der Waals surface area contributed by atoms with Gasteiger partial charge in [0.05, 0.1) is 0 Å². The van der Waals surface area contributed by atoms with Crippen molar-refractivity contribution < 1.29 is 14.4 Å². The van der Waals surface area contributed by atoms with Crippen LogP contribution >= 0.6 is 0 Å². The van der Waals surface area contributed by atoms with Gasteiger partial charge in [-0.05, 0) is 75.0 Å². The van der Waals surface area contributed by atoms with Crippen molar-refractivity contribution in [3.63, 3.8) is 0 Å². The van der Waals surface area contributed by atoms with Gasteiger partial charge in [0.15, 0.2) is 0 Å². The van der Waals surface area contributed by atoms with Crippen LogP contribution in [0.5, 0.6) is 0 Å². The summed E-state index contributed by atoms with van der Waals surface area (Å²) >= 11 is 0. The number of imide groups is 1. The Balaban J connectivity index is 1.36. The van der Waals surface area contributed by atoms with Crippen molar-refractivity contribution >= 4 is 17.8 Å². The molecule has 1 heterocycles. The van der Waals surface area contributed by atoms with Gasteiger partial charge >= 0.3 is 6.03 Å². The van der Waals surface area contributed by atoms with Crippen molar-refractivity contribution in [2.24, 2.45) is 23.2 Å². The van der Waals surface area contributed by atoms with Crippen molar-refractivity contribution in [2.75, 3.05) is 6.54 Å². The first-order valence-electron chi connectivity index (χ1n) is 10.3. The molecule has 1 aliphatic heterocycles. The average molecular weight is 361 g/mol. The molecule has 26 heavy (non-hydrogen) atoms. The van der Waals surface area contributed by atoms with Crippen molar-refractivity contribution in [1.29, 1.82) is 0 Å². The monoisotopic (exact) mass is 361 g/mol. The van der Waals surface area contributed by atoms with Gasteiger partial charge in [0.1, 0.15) is 12.6 Å². The maximum atomic E-state index is 12.6. The van der Waals surface area contributed by atoms with E-state index in [0.717, 1.165) is 29.1 Å². The van der Waals surface area contributed by atoms with Gasteiger partial charge < -0.3 is 10.6 Å². The van der Waals surface area contributed by atoms with Gasteiger partial charge in [-0.2, -0.15) is 0 Å². The van der Waals surface area contributed by atoms with Crippen LogP contribution in [0.3, 0.4) is 0 Å². The van der Waals surface area contributed by atoms with E-state index < -0.39 is 12.1 Å². The molecule has 0 spiro atoms. The normalized spacial score (nSPS) is 39.2. The number of nitrogens with one attached hydrogen (secondary N) is 2. The van der Waals surface area contributed by atoms with Gasteiger partial charge in [-0.3, -0.25) is 14.5 Å². The van der Waals surface area contributed by atoms with Crippen LogP contribution in [0.2, 0.25) is 0 Å². The highest BCUT2D eigenvalue weighted by atomic mass is 16.2. The largest absolute Gasteiger partial charge is 0.352 e. The number of urea groups is 1. The predicted molar refractivity (Wildman–Crippen MR) is 97.2 cm³/mol. The van der Waals surface area contributed by atoms with Crippen molar-refractivity contribution in [3.05, 3.63) is 0 Å². The van der Waals surface area contributed by atoms with Crippen molar-refractivity contribution in [1.82, 2.24) is 15.5 Å². The summed E-state index contributed by atoms with van der Waals surface area (Å²) in [5.41, 5.74) is 0.229. The fourth-order valence-corrected chi connectivity index (χ4v) is 6.50. The van der Waals surface area contributed by atoms with Gasteiger partial charge in [0.25, 0.3) is 5.91 Å². The van der Waals surface area contributed by atoms with Crippen molar-refractivity contribution in [3.8, 4) is 0 Å². The Labute approximate surface area is 155 Å². The molecule has 4 saturated carbocycles. The number of amides is 4. The van der Waals surface area contributed by atoms with Crippen LogP contribution in [-0.2, 0) is 9.59 Å². The molecule has 5 rings (SSSR count). The van der Waals surface area contributed by atoms with Gasteiger partial charge in [-0.15, -0.1) is 0 Å². The molecule has 0 aromatic carbocycles. The van der Waals surface area contributed by atoms with E-state index in [4.69, 9.17) is 0 Å². The van der Waals surface area contributed by atoms with Gasteiger partial charge in [-0.1, -0.05) is 13.3 Å². The zero-order valence-corrected chi connectivity index (χ0v) is 15.9. The highest BCUT2D eigenvalue weighted by molar-refractivity contribution is 6.06. The van der Waals surface area contributed by atoms with E-state index in [-0.39, 0.29) is 29.8 Å². The third kappa shape index (κ3) is 3.01. The molecule has 1 saturated heterocycles. The molecule has 144 valence electrons. The lowest BCUT2D eigenvalue weighted by Crippen LogP contribution is -2.57. The molecule has 5 aliphatic rings. The van der Waals surface area contributed by atoms with E-state index in [9.17, 15) is 14.4 Å². The van der Waals surface area contributed by atoms with Crippen molar-refractivity contribution in [2.45, 2.75) is 77.3 Å². The molecule has 0 radical (unpaired) electrons. The first-order valence-corrected chi connectivity index (χ1v) is 10.3. The summed E-state index contributed by atoms with van der Waals surface area (Å²) in [5.74, 6) is 2.02. The molecule has 6 nitrogen and oxygen atoms in total. The summed E-state index contributed by atoms with van der Waals surface area (Å²) < 4.78 is 0. The topological polar surface area (TPSA) is 78.5 Å². The zero-order chi connectivity index (χ0) is 18.5. The summed E-state index contributed by atoms with van der Waals surface area (Å²) in [4.78, 5) is 38.0. The summed E-state index contributed by atoms with van der Waals surface area (Å²) in [6, 6.07) is -0.803. The number of rotatable bonds is 6. The summed E-state index contributed by atoms with van der Waals surface area (Å²) in [7, 11) is 0. The minimum absolute atomic E-state index is 0.107. The Hall–Kier alpha value is -1.59. The minimum atomic E-state index is -0.471. The molecule has 2 atom stereocenters. The van der Waals surface area contributed by atoms with Crippen LogP contribution in [0.25, 0.3) is 0 Å². The number of carbonyl (C=O) groups excluding carboxylic acids is 3. The zero-order valence-electron chi connectivity index (χ0n) is 15.9. The summed E-state index contributed by atoms with van der Waals surface area (Å²) in [6.07, 6.45) is 9.24. The van der Waals surface area contributed by atoms with Gasteiger partial charge in [-0.25, -0.2) is 4.79 Å². The summed E-state index contributed by atoms with van der Waals surface area (Å²) in [5, 5.41) is 5.82. The van der Waals surface area contributed by atoms with E-state index >= 15 is 0 Å². The summed E-state index contributed by atoms with van der Waals surface area (Å²) in [6.45, 7) is 3.93. The third-order valence-electron chi connectivity index (χ3n) is 7.37. The van der Waals surface area contributed by atoms with Crippen LogP contribution in [0, 0.1) is 23.2 Å². The molecule has 5 fully saturated rings. The molecule has 6 heteroatoms. The fraction of sp³-hybridized carbons (Fsp3) is 0.850. The second-order valence-corrected chi connectivity index (χ2v) is 9.28. The second-order valence-electron chi connectivity index (χ2n) is 9.28. The molecule has 0 unspecified atom stereocenters. The first-order chi connectivity index (χ1) is 12.4. The smallest absolute Gasteiger partial charge is 0.325 e. The lowest BCUT2D eigenvalue weighted by atomic mass is 9.48. The van der Waals surface area contributed by atoms with Crippen LogP contribution < -0.4 is 10.6 Å². The number of hydrogen-bond acceptors (Lipinski definition) is 3. The molecule has 0 aromatic rings. The second kappa shape index (κ2) is 6.54. The van der Waals surface area contributed by atoms with Gasteiger partial charge in [0, 0.05) is 6.04 Å². The molecular formula is C20H31N3O3. The number of nitrogens with zero attached hydrogens (tertiary/aromatic N) is 1. The highest BCUT2D eigenvalue weighted by Crippen LogP contribution is 2.61. The highest BCUT2D eigenvalue weighted by Gasteiger charge is 2.53. The lowest BCUT2D eigenvalue weighted by molar-refractivity contribution is -0.134. The molecule has 4 amide bonds. The maximum absolute atomic E-state index is 12.6. The average Bonchev–Trinajstić information content (AvgIpc) is 2.81. The van der Waals surface area contributed by atoms with E-state index in [0.29, 0.717) is 6.42 Å². The fourth-order valence-electron chi connectivity index (χ4n) is 6.50.